The Bertz CT molecular complexity index is 533. The molecule has 0 saturated heterocycles. The fourth-order valence-corrected chi connectivity index (χ4v) is 2.57. The number of thiophene rings is 1. The number of rotatable bonds is 4. The van der Waals surface area contributed by atoms with E-state index < -0.39 is 0 Å². The van der Waals surface area contributed by atoms with E-state index >= 15 is 0 Å². The van der Waals surface area contributed by atoms with Gasteiger partial charge < -0.3 is 5.32 Å². The van der Waals surface area contributed by atoms with E-state index in [-0.39, 0.29) is 5.91 Å². The van der Waals surface area contributed by atoms with E-state index in [1.807, 2.05) is 18.2 Å². The molecule has 2 rings (SSSR count). The van der Waals surface area contributed by atoms with Crippen molar-refractivity contribution in [2.75, 3.05) is 0 Å². The van der Waals surface area contributed by atoms with Crippen molar-refractivity contribution < 1.29 is 4.79 Å². The molecule has 0 aliphatic heterocycles. The van der Waals surface area contributed by atoms with Crippen LogP contribution in [0, 0.1) is 6.92 Å². The first-order chi connectivity index (χ1) is 8.63. The predicted octanol–water partition coefficient (Wildman–Crippen LogP) is 3.57. The monoisotopic (exact) mass is 279 g/mol. The molecule has 0 unspecified atom stereocenters. The molecular weight excluding hydrogens is 266 g/mol. The van der Waals surface area contributed by atoms with Gasteiger partial charge in [-0.1, -0.05) is 23.7 Å². The van der Waals surface area contributed by atoms with Crippen molar-refractivity contribution in [3.63, 3.8) is 0 Å². The van der Waals surface area contributed by atoms with E-state index in [9.17, 15) is 4.79 Å². The van der Waals surface area contributed by atoms with Crippen LogP contribution in [0.2, 0.25) is 5.02 Å². The van der Waals surface area contributed by atoms with Crippen LogP contribution in [0.1, 0.15) is 15.3 Å². The van der Waals surface area contributed by atoms with Gasteiger partial charge in [-0.3, -0.25) is 4.79 Å². The maximum atomic E-state index is 11.7. The normalized spacial score (nSPS) is 10.3. The van der Waals surface area contributed by atoms with Crippen molar-refractivity contribution in [3.8, 4) is 0 Å². The summed E-state index contributed by atoms with van der Waals surface area (Å²) in [6.45, 7) is 2.66. The number of halogens is 1. The molecule has 2 nitrogen and oxygen atoms in total. The van der Waals surface area contributed by atoms with Crippen molar-refractivity contribution in [2.45, 2.75) is 19.9 Å². The first-order valence-corrected chi connectivity index (χ1v) is 6.89. The van der Waals surface area contributed by atoms with Gasteiger partial charge in [0.05, 0.1) is 13.0 Å². The highest BCUT2D eigenvalue weighted by molar-refractivity contribution is 7.11. The zero-order valence-corrected chi connectivity index (χ0v) is 11.6. The quantitative estimate of drug-likeness (QED) is 0.911. The van der Waals surface area contributed by atoms with Crippen LogP contribution in [0.25, 0.3) is 0 Å². The van der Waals surface area contributed by atoms with E-state index in [1.165, 1.54) is 9.75 Å². The number of amides is 1. The van der Waals surface area contributed by atoms with Gasteiger partial charge >= 0.3 is 0 Å². The van der Waals surface area contributed by atoms with Crippen LogP contribution >= 0.6 is 22.9 Å². The van der Waals surface area contributed by atoms with Crippen LogP contribution in [0.15, 0.2) is 36.4 Å². The van der Waals surface area contributed by atoms with E-state index in [2.05, 4.69) is 18.3 Å². The third-order valence-corrected chi connectivity index (χ3v) is 3.79. The maximum Gasteiger partial charge on any atom is 0.224 e. The average molecular weight is 280 g/mol. The Morgan fingerprint density at radius 1 is 1.22 bits per heavy atom. The summed E-state index contributed by atoms with van der Waals surface area (Å²) in [5.41, 5.74) is 0.972. The molecule has 4 heteroatoms. The molecule has 1 N–H and O–H groups in total. The lowest BCUT2D eigenvalue weighted by atomic mass is 10.1. The number of hydrogen-bond donors (Lipinski definition) is 1. The third kappa shape index (κ3) is 3.86. The lowest BCUT2D eigenvalue weighted by Crippen LogP contribution is -2.24. The molecule has 0 aliphatic rings. The summed E-state index contributed by atoms with van der Waals surface area (Å²) >= 11 is 7.50. The van der Waals surface area contributed by atoms with E-state index in [4.69, 9.17) is 11.6 Å². The fraction of sp³-hybridized carbons (Fsp3) is 0.214. The van der Waals surface area contributed by atoms with Gasteiger partial charge in [0, 0.05) is 14.8 Å². The van der Waals surface area contributed by atoms with Crippen LogP contribution in [-0.2, 0) is 17.8 Å². The Balaban J connectivity index is 1.83. The van der Waals surface area contributed by atoms with Crippen LogP contribution < -0.4 is 5.32 Å². The molecule has 0 bridgehead atoms. The molecule has 1 aromatic heterocycles. The van der Waals surface area contributed by atoms with Crippen molar-refractivity contribution in [1.82, 2.24) is 5.32 Å². The van der Waals surface area contributed by atoms with E-state index in [1.54, 1.807) is 23.5 Å². The molecule has 0 spiro atoms. The largest absolute Gasteiger partial charge is 0.351 e. The Labute approximate surface area is 116 Å². The zero-order valence-electron chi connectivity index (χ0n) is 10.1. The van der Waals surface area contributed by atoms with Crippen LogP contribution in [-0.4, -0.2) is 5.91 Å². The number of carbonyl (C=O) groups excluding carboxylic acids is 1. The summed E-state index contributed by atoms with van der Waals surface area (Å²) in [6.07, 6.45) is 0.390. The second-order valence-electron chi connectivity index (χ2n) is 4.09. The summed E-state index contributed by atoms with van der Waals surface area (Å²) in [4.78, 5) is 14.2. The molecular formula is C14H14ClNOS. The van der Waals surface area contributed by atoms with Gasteiger partial charge in [-0.2, -0.15) is 0 Å². The minimum atomic E-state index is 0.0309. The average Bonchev–Trinajstić information content (AvgIpc) is 2.76. The number of nitrogens with one attached hydrogen (secondary N) is 1. The summed E-state index contributed by atoms with van der Waals surface area (Å²) in [5.74, 6) is 0.0309. The molecule has 18 heavy (non-hydrogen) atoms. The highest BCUT2D eigenvalue weighted by Gasteiger charge is 2.04. The minimum absolute atomic E-state index is 0.0309. The van der Waals surface area contributed by atoms with Gasteiger partial charge in [0.25, 0.3) is 0 Å². The van der Waals surface area contributed by atoms with Crippen molar-refractivity contribution in [3.05, 3.63) is 56.7 Å². The molecule has 0 saturated carbocycles. The Morgan fingerprint density at radius 3 is 2.56 bits per heavy atom. The second kappa shape index (κ2) is 6.03. The smallest absolute Gasteiger partial charge is 0.224 e. The predicted molar refractivity (Wildman–Crippen MR) is 76.1 cm³/mol. The molecule has 2 aromatic rings. The number of benzene rings is 1. The van der Waals surface area contributed by atoms with Crippen LogP contribution in [0.5, 0.6) is 0 Å². The van der Waals surface area contributed by atoms with Gasteiger partial charge in [0.1, 0.15) is 0 Å². The SMILES string of the molecule is Cc1ccc(CNC(=O)Cc2ccc(Cl)cc2)s1. The lowest BCUT2D eigenvalue weighted by molar-refractivity contribution is -0.120. The molecule has 1 heterocycles. The minimum Gasteiger partial charge on any atom is -0.351 e. The summed E-state index contributed by atoms with van der Waals surface area (Å²) in [6, 6.07) is 11.4. The zero-order chi connectivity index (χ0) is 13.0. The molecule has 94 valence electrons. The Morgan fingerprint density at radius 2 is 1.94 bits per heavy atom. The van der Waals surface area contributed by atoms with Gasteiger partial charge in [-0.05, 0) is 36.8 Å². The van der Waals surface area contributed by atoms with Gasteiger partial charge in [0.2, 0.25) is 5.91 Å². The standard InChI is InChI=1S/C14H14ClNOS/c1-10-2-7-13(18-10)9-16-14(17)8-11-3-5-12(15)6-4-11/h2-7H,8-9H2,1H3,(H,16,17). The van der Waals surface area contributed by atoms with Gasteiger partial charge in [0.15, 0.2) is 0 Å². The number of aryl methyl sites for hydroxylation is 1. The van der Waals surface area contributed by atoms with Crippen molar-refractivity contribution in [2.24, 2.45) is 0 Å². The highest BCUT2D eigenvalue weighted by atomic mass is 35.5. The summed E-state index contributed by atoms with van der Waals surface area (Å²) < 4.78 is 0. The summed E-state index contributed by atoms with van der Waals surface area (Å²) in [7, 11) is 0. The number of hydrogen-bond acceptors (Lipinski definition) is 2. The van der Waals surface area contributed by atoms with Crippen LogP contribution in [0.4, 0.5) is 0 Å². The molecule has 0 aliphatic carbocycles. The van der Waals surface area contributed by atoms with Crippen molar-refractivity contribution in [1.29, 1.82) is 0 Å². The number of carbonyl (C=O) groups is 1. The van der Waals surface area contributed by atoms with Gasteiger partial charge in [-0.25, -0.2) is 0 Å². The fourth-order valence-electron chi connectivity index (χ4n) is 1.62. The third-order valence-electron chi connectivity index (χ3n) is 2.53. The van der Waals surface area contributed by atoms with Crippen molar-refractivity contribution >= 4 is 28.8 Å². The molecule has 0 fully saturated rings. The first-order valence-electron chi connectivity index (χ1n) is 5.70. The molecule has 0 atom stereocenters. The van der Waals surface area contributed by atoms with Gasteiger partial charge in [-0.15, -0.1) is 11.3 Å². The Hall–Kier alpha value is -1.32. The molecule has 1 aromatic carbocycles. The van der Waals surface area contributed by atoms with Crippen LogP contribution in [0.3, 0.4) is 0 Å². The highest BCUT2D eigenvalue weighted by Crippen LogP contribution is 2.14. The maximum absolute atomic E-state index is 11.7. The summed E-state index contributed by atoms with van der Waals surface area (Å²) in [5, 5.41) is 3.60. The lowest BCUT2D eigenvalue weighted by Gasteiger charge is -2.04. The topological polar surface area (TPSA) is 29.1 Å². The van der Waals surface area contributed by atoms with E-state index in [0.717, 1.165) is 5.56 Å². The Kier molecular flexibility index (Phi) is 4.39. The second-order valence-corrected chi connectivity index (χ2v) is 5.90. The molecule has 0 radical (unpaired) electrons. The van der Waals surface area contributed by atoms with E-state index in [0.29, 0.717) is 18.0 Å². The molecule has 1 amide bonds. The first kappa shape index (κ1) is 13.1.